The Bertz CT molecular complexity index is 1150. The molecule has 1 saturated heterocycles. The van der Waals surface area contributed by atoms with Gasteiger partial charge >= 0.3 is 0 Å². The summed E-state index contributed by atoms with van der Waals surface area (Å²) in [5, 5.41) is 18.1. The maximum Gasteiger partial charge on any atom is 0.247 e. The second kappa shape index (κ2) is 9.54. The third kappa shape index (κ3) is 4.53. The van der Waals surface area contributed by atoms with E-state index in [1.54, 1.807) is 7.11 Å². The second-order valence-corrected chi connectivity index (χ2v) is 8.38. The van der Waals surface area contributed by atoms with Crippen LogP contribution in [-0.2, 0) is 17.0 Å². The van der Waals surface area contributed by atoms with Gasteiger partial charge in [0.1, 0.15) is 5.75 Å². The third-order valence-electron chi connectivity index (χ3n) is 5.29. The molecule has 9 heteroatoms. The largest absolute Gasteiger partial charge is 0.497 e. The van der Waals surface area contributed by atoms with Crippen molar-refractivity contribution in [1.29, 1.82) is 0 Å². The van der Waals surface area contributed by atoms with Crippen LogP contribution >= 0.6 is 11.8 Å². The fourth-order valence-electron chi connectivity index (χ4n) is 3.64. The van der Waals surface area contributed by atoms with E-state index < -0.39 is 0 Å². The Morgan fingerprint density at radius 2 is 1.84 bits per heavy atom. The van der Waals surface area contributed by atoms with Crippen molar-refractivity contribution in [2.75, 3.05) is 13.7 Å². The highest BCUT2D eigenvalue weighted by Gasteiger charge is 2.22. The molecule has 4 aromatic rings. The van der Waals surface area contributed by atoms with Gasteiger partial charge < -0.3 is 13.9 Å². The number of rotatable bonds is 8. The summed E-state index contributed by atoms with van der Waals surface area (Å²) in [4.78, 5) is 0. The smallest absolute Gasteiger partial charge is 0.247 e. The summed E-state index contributed by atoms with van der Waals surface area (Å²) in [7, 11) is 1.66. The number of thioether (sulfide) groups is 1. The molecule has 2 aromatic carbocycles. The lowest BCUT2D eigenvalue weighted by atomic mass is 10.2. The number of hydrogen-bond acceptors (Lipinski definition) is 8. The summed E-state index contributed by atoms with van der Waals surface area (Å²) in [6, 6.07) is 17.6. The normalized spacial score (nSPS) is 15.8. The van der Waals surface area contributed by atoms with E-state index in [9.17, 15) is 0 Å². The number of nitrogens with zero attached hydrogens (tertiary/aromatic N) is 5. The molecule has 1 fully saturated rings. The molecule has 1 unspecified atom stereocenters. The van der Waals surface area contributed by atoms with Crippen molar-refractivity contribution in [2.45, 2.75) is 36.4 Å². The minimum absolute atomic E-state index is 0.162. The standard InChI is InChI=1S/C23H23N5O3S/c1-29-18-11-9-16(10-12-18)21-25-27-23(28(21)14-19-8-5-13-30-19)32-15-20-24-26-22(31-20)17-6-3-2-4-7-17/h2-4,6-7,9-12,19H,5,8,13-15H2,1H3. The van der Waals surface area contributed by atoms with Gasteiger partial charge in [0, 0.05) is 17.7 Å². The van der Waals surface area contributed by atoms with E-state index in [0.29, 0.717) is 24.1 Å². The number of aromatic nitrogens is 5. The Balaban J connectivity index is 1.37. The predicted octanol–water partition coefficient (Wildman–Crippen LogP) is 4.48. The molecule has 0 aliphatic carbocycles. The molecular weight excluding hydrogens is 426 g/mol. The minimum atomic E-state index is 0.162. The molecule has 8 nitrogen and oxygen atoms in total. The monoisotopic (exact) mass is 449 g/mol. The molecule has 0 radical (unpaired) electrons. The van der Waals surface area contributed by atoms with Gasteiger partial charge in [-0.05, 0) is 49.2 Å². The fourth-order valence-corrected chi connectivity index (χ4v) is 4.43. The summed E-state index contributed by atoms with van der Waals surface area (Å²) in [6.07, 6.45) is 2.28. The molecule has 1 atom stereocenters. The van der Waals surface area contributed by atoms with Gasteiger partial charge in [-0.25, -0.2) is 0 Å². The first kappa shape index (κ1) is 20.7. The van der Waals surface area contributed by atoms with E-state index in [1.807, 2.05) is 54.6 Å². The van der Waals surface area contributed by atoms with Crippen LogP contribution in [0.5, 0.6) is 5.75 Å². The summed E-state index contributed by atoms with van der Waals surface area (Å²) in [5.41, 5.74) is 1.88. The van der Waals surface area contributed by atoms with Gasteiger partial charge in [0.05, 0.1) is 25.5 Å². The van der Waals surface area contributed by atoms with Gasteiger partial charge in [0.15, 0.2) is 11.0 Å². The molecule has 1 aliphatic heterocycles. The van der Waals surface area contributed by atoms with Crippen LogP contribution in [0.2, 0.25) is 0 Å². The molecule has 2 aromatic heterocycles. The zero-order valence-corrected chi connectivity index (χ0v) is 18.5. The molecule has 0 saturated carbocycles. The Kier molecular flexibility index (Phi) is 6.17. The van der Waals surface area contributed by atoms with Gasteiger partial charge in [0.2, 0.25) is 11.8 Å². The van der Waals surface area contributed by atoms with Crippen LogP contribution in [-0.4, -0.2) is 44.8 Å². The first-order valence-corrected chi connectivity index (χ1v) is 11.5. The van der Waals surface area contributed by atoms with E-state index in [2.05, 4.69) is 25.0 Å². The van der Waals surface area contributed by atoms with Crippen LogP contribution in [0.25, 0.3) is 22.8 Å². The van der Waals surface area contributed by atoms with Crippen molar-refractivity contribution >= 4 is 11.8 Å². The van der Waals surface area contributed by atoms with Gasteiger partial charge in [-0.15, -0.1) is 20.4 Å². The molecule has 1 aliphatic rings. The maximum absolute atomic E-state index is 5.88. The molecular formula is C23H23N5O3S. The summed E-state index contributed by atoms with van der Waals surface area (Å²) >= 11 is 1.53. The number of ether oxygens (including phenoxy) is 2. The first-order valence-electron chi connectivity index (χ1n) is 10.5. The minimum Gasteiger partial charge on any atom is -0.497 e. The van der Waals surface area contributed by atoms with E-state index in [0.717, 1.165) is 47.3 Å². The van der Waals surface area contributed by atoms with Crippen molar-refractivity contribution in [3.05, 3.63) is 60.5 Å². The number of hydrogen-bond donors (Lipinski definition) is 0. The van der Waals surface area contributed by atoms with Crippen molar-refractivity contribution in [3.8, 4) is 28.6 Å². The highest BCUT2D eigenvalue weighted by atomic mass is 32.2. The number of benzene rings is 2. The van der Waals surface area contributed by atoms with Gasteiger partial charge in [-0.1, -0.05) is 30.0 Å². The Morgan fingerprint density at radius 3 is 2.59 bits per heavy atom. The molecule has 3 heterocycles. The number of methoxy groups -OCH3 is 1. The maximum atomic E-state index is 5.88. The highest BCUT2D eigenvalue weighted by Crippen LogP contribution is 2.29. The summed E-state index contributed by atoms with van der Waals surface area (Å²) < 4.78 is 19.1. The van der Waals surface area contributed by atoms with Crippen LogP contribution in [0.4, 0.5) is 0 Å². The Hall–Kier alpha value is -3.17. The molecule has 0 amide bonds. The Morgan fingerprint density at radius 1 is 1.00 bits per heavy atom. The van der Waals surface area contributed by atoms with Crippen molar-refractivity contribution < 1.29 is 13.9 Å². The lowest BCUT2D eigenvalue weighted by Gasteiger charge is -2.14. The summed E-state index contributed by atoms with van der Waals surface area (Å²) in [6.45, 7) is 1.51. The van der Waals surface area contributed by atoms with Crippen molar-refractivity contribution in [2.24, 2.45) is 0 Å². The van der Waals surface area contributed by atoms with Crippen molar-refractivity contribution in [1.82, 2.24) is 25.0 Å². The van der Waals surface area contributed by atoms with Crippen molar-refractivity contribution in [3.63, 3.8) is 0 Å². The van der Waals surface area contributed by atoms with Crippen LogP contribution < -0.4 is 4.74 Å². The highest BCUT2D eigenvalue weighted by molar-refractivity contribution is 7.98. The molecule has 0 spiro atoms. The van der Waals surface area contributed by atoms with E-state index in [1.165, 1.54) is 11.8 Å². The first-order chi connectivity index (χ1) is 15.8. The molecule has 0 bridgehead atoms. The molecule has 0 N–H and O–H groups in total. The van der Waals surface area contributed by atoms with Crippen LogP contribution in [0.15, 0.2) is 64.2 Å². The van der Waals surface area contributed by atoms with Gasteiger partial charge in [-0.3, -0.25) is 4.57 Å². The molecule has 5 rings (SSSR count). The molecule has 32 heavy (non-hydrogen) atoms. The predicted molar refractivity (Wildman–Crippen MR) is 120 cm³/mol. The average molecular weight is 450 g/mol. The lowest BCUT2D eigenvalue weighted by molar-refractivity contribution is 0.0953. The fraction of sp³-hybridized carbons (Fsp3) is 0.304. The molecule has 164 valence electrons. The topological polar surface area (TPSA) is 88.1 Å². The lowest BCUT2D eigenvalue weighted by Crippen LogP contribution is -2.16. The van der Waals surface area contributed by atoms with Crippen LogP contribution in [0.3, 0.4) is 0 Å². The second-order valence-electron chi connectivity index (χ2n) is 7.44. The Labute approximate surface area is 190 Å². The SMILES string of the molecule is COc1ccc(-c2nnc(SCc3nnc(-c4ccccc4)o3)n2CC2CCCO2)cc1. The van der Waals surface area contributed by atoms with E-state index in [4.69, 9.17) is 13.9 Å². The zero-order valence-electron chi connectivity index (χ0n) is 17.7. The third-order valence-corrected chi connectivity index (χ3v) is 6.24. The van der Waals surface area contributed by atoms with Gasteiger partial charge in [0.25, 0.3) is 0 Å². The van der Waals surface area contributed by atoms with Gasteiger partial charge in [-0.2, -0.15) is 0 Å². The zero-order chi connectivity index (χ0) is 21.8. The quantitative estimate of drug-likeness (QED) is 0.364. The van der Waals surface area contributed by atoms with Crippen LogP contribution in [0.1, 0.15) is 18.7 Å². The summed E-state index contributed by atoms with van der Waals surface area (Å²) in [5.74, 6) is 3.18. The van der Waals surface area contributed by atoms with E-state index in [-0.39, 0.29) is 6.10 Å². The van der Waals surface area contributed by atoms with Crippen LogP contribution in [0, 0.1) is 0 Å². The average Bonchev–Trinajstić information content (AvgIpc) is 3.61. The van der Waals surface area contributed by atoms with E-state index >= 15 is 0 Å².